The van der Waals surface area contributed by atoms with Crippen molar-refractivity contribution >= 4 is 0 Å². The van der Waals surface area contributed by atoms with Crippen molar-refractivity contribution in [2.75, 3.05) is 0 Å². The fourth-order valence-corrected chi connectivity index (χ4v) is 1.87. The molecule has 0 amide bonds. The van der Waals surface area contributed by atoms with E-state index in [0.29, 0.717) is 11.7 Å². The molecule has 1 heterocycles. The minimum absolute atomic E-state index is 0.397. The van der Waals surface area contributed by atoms with Gasteiger partial charge in [0.15, 0.2) is 0 Å². The van der Waals surface area contributed by atoms with Gasteiger partial charge in [-0.25, -0.2) is 0 Å². The van der Waals surface area contributed by atoms with Gasteiger partial charge in [-0.15, -0.1) is 0 Å². The molecule has 0 aliphatic rings. The summed E-state index contributed by atoms with van der Waals surface area (Å²) in [5.74, 6) is 0.979. The Balaban J connectivity index is 1.90. The molecule has 2 N–H and O–H groups in total. The maximum Gasteiger partial charge on any atom is 0.248 e. The third-order valence-electron chi connectivity index (χ3n) is 2.90. The SMILES string of the molecule is N[C@H](c1ccccc1)c1nc(-c2ccccc2)no1. The van der Waals surface area contributed by atoms with Crippen LogP contribution >= 0.6 is 0 Å². The van der Waals surface area contributed by atoms with E-state index in [-0.39, 0.29) is 0 Å². The van der Waals surface area contributed by atoms with Gasteiger partial charge < -0.3 is 10.3 Å². The first-order valence-electron chi connectivity index (χ1n) is 6.04. The van der Waals surface area contributed by atoms with E-state index in [2.05, 4.69) is 10.1 Å². The number of nitrogens with two attached hydrogens (primary N) is 1. The molecule has 0 saturated heterocycles. The summed E-state index contributed by atoms with van der Waals surface area (Å²) >= 11 is 0. The Bertz CT molecular complexity index is 649. The van der Waals surface area contributed by atoms with Crippen molar-refractivity contribution in [3.05, 3.63) is 72.1 Å². The Hall–Kier alpha value is -2.46. The van der Waals surface area contributed by atoms with Gasteiger partial charge in [-0.2, -0.15) is 4.98 Å². The van der Waals surface area contributed by atoms with Crippen LogP contribution in [-0.4, -0.2) is 10.1 Å². The number of nitrogens with zero attached hydrogens (tertiary/aromatic N) is 2. The average molecular weight is 251 g/mol. The van der Waals surface area contributed by atoms with Crippen LogP contribution in [-0.2, 0) is 0 Å². The van der Waals surface area contributed by atoms with Gasteiger partial charge >= 0.3 is 0 Å². The van der Waals surface area contributed by atoms with Gasteiger partial charge in [0.05, 0.1) is 0 Å². The predicted octanol–water partition coefficient (Wildman–Crippen LogP) is 2.78. The van der Waals surface area contributed by atoms with Crippen molar-refractivity contribution in [3.63, 3.8) is 0 Å². The number of rotatable bonds is 3. The fourth-order valence-electron chi connectivity index (χ4n) is 1.87. The first kappa shape index (κ1) is 11.6. The second-order valence-corrected chi connectivity index (χ2v) is 4.21. The van der Waals surface area contributed by atoms with Crippen LogP contribution in [0, 0.1) is 0 Å². The van der Waals surface area contributed by atoms with Crippen molar-refractivity contribution in [2.45, 2.75) is 6.04 Å². The third kappa shape index (κ3) is 2.39. The van der Waals surface area contributed by atoms with Crippen LogP contribution in [0.3, 0.4) is 0 Å². The zero-order chi connectivity index (χ0) is 13.1. The van der Waals surface area contributed by atoms with Gasteiger partial charge in [0.2, 0.25) is 11.7 Å². The molecule has 94 valence electrons. The molecular weight excluding hydrogens is 238 g/mol. The van der Waals surface area contributed by atoms with Gasteiger partial charge in [-0.05, 0) is 5.56 Å². The second-order valence-electron chi connectivity index (χ2n) is 4.21. The molecule has 0 saturated carbocycles. The van der Waals surface area contributed by atoms with Gasteiger partial charge in [0.1, 0.15) is 6.04 Å². The molecule has 0 aliphatic carbocycles. The van der Waals surface area contributed by atoms with Crippen LogP contribution in [0.2, 0.25) is 0 Å². The predicted molar refractivity (Wildman–Crippen MR) is 72.2 cm³/mol. The maximum absolute atomic E-state index is 6.11. The molecular formula is C15H13N3O. The summed E-state index contributed by atoms with van der Waals surface area (Å²) in [5, 5.41) is 3.97. The smallest absolute Gasteiger partial charge is 0.248 e. The Morgan fingerprint density at radius 2 is 1.53 bits per heavy atom. The molecule has 0 bridgehead atoms. The number of hydrogen-bond donors (Lipinski definition) is 1. The van der Waals surface area contributed by atoms with E-state index in [1.54, 1.807) is 0 Å². The largest absolute Gasteiger partial charge is 0.337 e. The van der Waals surface area contributed by atoms with Crippen LogP contribution in [0.25, 0.3) is 11.4 Å². The number of aromatic nitrogens is 2. The van der Waals surface area contributed by atoms with E-state index >= 15 is 0 Å². The number of hydrogen-bond acceptors (Lipinski definition) is 4. The van der Waals surface area contributed by atoms with E-state index in [4.69, 9.17) is 10.3 Å². The normalized spacial score (nSPS) is 12.3. The summed E-state index contributed by atoms with van der Waals surface area (Å²) in [5.41, 5.74) is 7.98. The lowest BCUT2D eigenvalue weighted by Gasteiger charge is -2.05. The molecule has 0 radical (unpaired) electrons. The molecule has 4 heteroatoms. The Kier molecular flexibility index (Phi) is 3.08. The highest BCUT2D eigenvalue weighted by molar-refractivity contribution is 5.53. The Morgan fingerprint density at radius 3 is 2.21 bits per heavy atom. The lowest BCUT2D eigenvalue weighted by molar-refractivity contribution is 0.367. The van der Waals surface area contributed by atoms with Crippen molar-refractivity contribution < 1.29 is 4.52 Å². The van der Waals surface area contributed by atoms with Crippen LogP contribution in [0.5, 0.6) is 0 Å². The fraction of sp³-hybridized carbons (Fsp3) is 0.0667. The monoisotopic (exact) mass is 251 g/mol. The van der Waals surface area contributed by atoms with Crippen LogP contribution < -0.4 is 5.73 Å². The lowest BCUT2D eigenvalue weighted by atomic mass is 10.1. The van der Waals surface area contributed by atoms with Gasteiger partial charge in [0, 0.05) is 5.56 Å². The van der Waals surface area contributed by atoms with Crippen LogP contribution in [0.4, 0.5) is 0 Å². The summed E-state index contributed by atoms with van der Waals surface area (Å²) in [4.78, 5) is 4.35. The molecule has 3 aromatic rings. The summed E-state index contributed by atoms with van der Waals surface area (Å²) in [6.07, 6.45) is 0. The molecule has 3 rings (SSSR count). The maximum atomic E-state index is 6.11. The first-order valence-corrected chi connectivity index (χ1v) is 6.04. The molecule has 1 aromatic heterocycles. The lowest BCUT2D eigenvalue weighted by Crippen LogP contribution is -2.11. The third-order valence-corrected chi connectivity index (χ3v) is 2.90. The zero-order valence-electron chi connectivity index (χ0n) is 10.2. The van der Waals surface area contributed by atoms with E-state index < -0.39 is 6.04 Å². The van der Waals surface area contributed by atoms with Gasteiger partial charge in [-0.1, -0.05) is 65.8 Å². The molecule has 1 atom stereocenters. The molecule has 19 heavy (non-hydrogen) atoms. The summed E-state index contributed by atoms with van der Waals surface area (Å²) in [6, 6.07) is 19.0. The summed E-state index contributed by atoms with van der Waals surface area (Å²) in [7, 11) is 0. The summed E-state index contributed by atoms with van der Waals surface area (Å²) < 4.78 is 5.25. The van der Waals surface area contributed by atoms with Crippen LogP contribution in [0.15, 0.2) is 65.2 Å². The minimum atomic E-state index is -0.397. The quantitative estimate of drug-likeness (QED) is 0.777. The molecule has 0 unspecified atom stereocenters. The van der Waals surface area contributed by atoms with Crippen molar-refractivity contribution in [1.29, 1.82) is 0 Å². The van der Waals surface area contributed by atoms with E-state index in [9.17, 15) is 0 Å². The average Bonchev–Trinajstić information content (AvgIpc) is 2.98. The van der Waals surface area contributed by atoms with Crippen molar-refractivity contribution in [2.24, 2.45) is 5.73 Å². The van der Waals surface area contributed by atoms with E-state index in [0.717, 1.165) is 11.1 Å². The minimum Gasteiger partial charge on any atom is -0.337 e. The standard InChI is InChI=1S/C15H13N3O/c16-13(11-7-3-1-4-8-11)15-17-14(18-19-15)12-9-5-2-6-10-12/h1-10,13H,16H2/t13-/m1/s1. The number of benzene rings is 2. The molecule has 0 aliphatic heterocycles. The molecule has 0 fully saturated rings. The van der Waals surface area contributed by atoms with Crippen molar-refractivity contribution in [3.8, 4) is 11.4 Å². The molecule has 4 nitrogen and oxygen atoms in total. The van der Waals surface area contributed by atoms with Gasteiger partial charge in [0.25, 0.3) is 0 Å². The topological polar surface area (TPSA) is 64.9 Å². The highest BCUT2D eigenvalue weighted by Crippen LogP contribution is 2.21. The van der Waals surface area contributed by atoms with E-state index in [1.165, 1.54) is 0 Å². The highest BCUT2D eigenvalue weighted by atomic mass is 16.5. The Morgan fingerprint density at radius 1 is 0.895 bits per heavy atom. The zero-order valence-corrected chi connectivity index (χ0v) is 10.2. The van der Waals surface area contributed by atoms with E-state index in [1.807, 2.05) is 60.7 Å². The van der Waals surface area contributed by atoms with Crippen molar-refractivity contribution in [1.82, 2.24) is 10.1 Å². The second kappa shape index (κ2) is 5.04. The first-order chi connectivity index (χ1) is 9.34. The summed E-state index contributed by atoms with van der Waals surface area (Å²) in [6.45, 7) is 0. The molecule has 2 aromatic carbocycles. The Labute approximate surface area is 110 Å². The highest BCUT2D eigenvalue weighted by Gasteiger charge is 2.16. The van der Waals surface area contributed by atoms with Crippen LogP contribution in [0.1, 0.15) is 17.5 Å². The molecule has 0 spiro atoms. The van der Waals surface area contributed by atoms with Gasteiger partial charge in [-0.3, -0.25) is 0 Å².